The average molecular weight is 363 g/mol. The summed E-state index contributed by atoms with van der Waals surface area (Å²) in [7, 11) is 0. The van der Waals surface area contributed by atoms with Crippen molar-refractivity contribution < 1.29 is 9.21 Å². The maximum atomic E-state index is 12.7. The van der Waals surface area contributed by atoms with E-state index in [-0.39, 0.29) is 11.1 Å². The van der Waals surface area contributed by atoms with Gasteiger partial charge in [0.05, 0.1) is 0 Å². The number of hydrogen-bond acceptors (Lipinski definition) is 3. The van der Waals surface area contributed by atoms with Crippen molar-refractivity contribution in [3.63, 3.8) is 0 Å². The van der Waals surface area contributed by atoms with Crippen LogP contribution < -0.4 is 10.9 Å². The predicted octanol–water partition coefficient (Wildman–Crippen LogP) is 5.28. The highest BCUT2D eigenvalue weighted by atomic mass is 35.5. The molecule has 0 fully saturated rings. The zero-order chi connectivity index (χ0) is 18.3. The first kappa shape index (κ1) is 16.4. The Hall–Kier alpha value is -3.11. The minimum absolute atomic E-state index is 0.174. The van der Waals surface area contributed by atoms with Gasteiger partial charge in [0.25, 0.3) is 5.91 Å². The highest BCUT2D eigenvalue weighted by Crippen LogP contribution is 2.26. The number of fused-ring (bicyclic) bond motifs is 3. The van der Waals surface area contributed by atoms with E-state index < -0.39 is 5.91 Å². The summed E-state index contributed by atoms with van der Waals surface area (Å²) in [5.41, 5.74) is 2.07. The third-order valence-electron chi connectivity index (χ3n) is 4.37. The number of aryl methyl sites for hydroxylation is 1. The summed E-state index contributed by atoms with van der Waals surface area (Å²) in [5.74, 6) is -0.404. The summed E-state index contributed by atoms with van der Waals surface area (Å²) >= 11 is 6.01. The number of halogens is 1. The van der Waals surface area contributed by atoms with E-state index in [4.69, 9.17) is 21.4 Å². The van der Waals surface area contributed by atoms with Gasteiger partial charge in [0.2, 0.25) is 5.55 Å². The van der Waals surface area contributed by atoms with Gasteiger partial charge in [-0.25, -0.2) is 0 Å². The zero-order valence-electron chi connectivity index (χ0n) is 14.0. The summed E-state index contributed by atoms with van der Waals surface area (Å²) in [6.07, 6.45) is 0. The van der Waals surface area contributed by atoms with Crippen LogP contribution in [0.4, 0.5) is 5.69 Å². The molecule has 0 atom stereocenters. The third-order valence-corrected chi connectivity index (χ3v) is 4.60. The van der Waals surface area contributed by atoms with Crippen LogP contribution in [-0.2, 0) is 0 Å². The van der Waals surface area contributed by atoms with Crippen molar-refractivity contribution in [1.82, 2.24) is 0 Å². The number of rotatable bonds is 2. The molecule has 1 aromatic heterocycles. The van der Waals surface area contributed by atoms with E-state index in [9.17, 15) is 4.79 Å². The largest absolute Gasteiger partial charge is 0.438 e. The van der Waals surface area contributed by atoms with Crippen molar-refractivity contribution >= 4 is 44.9 Å². The number of hydrogen-bond donors (Lipinski definition) is 2. The summed E-state index contributed by atoms with van der Waals surface area (Å²) in [4.78, 5) is 12.7. The molecule has 0 aliphatic rings. The summed E-state index contributed by atoms with van der Waals surface area (Å²) in [6.45, 7) is 1.88. The molecule has 0 saturated heterocycles. The fraction of sp³-hybridized carbons (Fsp3) is 0.0476. The van der Waals surface area contributed by atoms with Crippen molar-refractivity contribution in [3.8, 4) is 0 Å². The molecule has 0 spiro atoms. The Labute approximate surface area is 154 Å². The van der Waals surface area contributed by atoms with E-state index in [1.807, 2.05) is 49.4 Å². The fourth-order valence-electron chi connectivity index (χ4n) is 2.98. The third kappa shape index (κ3) is 2.85. The monoisotopic (exact) mass is 362 g/mol. The number of carbonyl (C=O) groups excluding carboxylic acids is 1. The maximum absolute atomic E-state index is 12.7. The second-order valence-electron chi connectivity index (χ2n) is 6.10. The lowest BCUT2D eigenvalue weighted by Gasteiger charge is -2.10. The Balaban J connectivity index is 1.84. The molecular weight excluding hydrogens is 348 g/mol. The molecule has 4 nitrogen and oxygen atoms in total. The van der Waals surface area contributed by atoms with Gasteiger partial charge in [0, 0.05) is 16.1 Å². The Kier molecular flexibility index (Phi) is 3.98. The summed E-state index contributed by atoms with van der Waals surface area (Å²) in [6, 6.07) is 18.6. The SMILES string of the molecule is Cc1ccc(Cl)cc1NC(=O)c1cc2c(ccc3ccccc32)oc1=N. The molecule has 1 heterocycles. The van der Waals surface area contributed by atoms with E-state index in [0.717, 1.165) is 21.7 Å². The second kappa shape index (κ2) is 6.32. The van der Waals surface area contributed by atoms with Crippen LogP contribution in [0.3, 0.4) is 0 Å². The zero-order valence-corrected chi connectivity index (χ0v) is 14.7. The van der Waals surface area contributed by atoms with E-state index in [1.165, 1.54) is 0 Å². The molecule has 5 heteroatoms. The first-order valence-electron chi connectivity index (χ1n) is 8.10. The van der Waals surface area contributed by atoms with Crippen LogP contribution in [0.1, 0.15) is 15.9 Å². The first-order chi connectivity index (χ1) is 12.5. The average Bonchev–Trinajstić information content (AvgIpc) is 2.64. The number of nitrogens with one attached hydrogen (secondary N) is 2. The summed E-state index contributed by atoms with van der Waals surface area (Å²) in [5, 5.41) is 14.3. The molecule has 128 valence electrons. The van der Waals surface area contributed by atoms with Crippen LogP contribution in [0.25, 0.3) is 21.7 Å². The lowest BCUT2D eigenvalue weighted by atomic mass is 10.0. The lowest BCUT2D eigenvalue weighted by Crippen LogP contribution is -2.21. The van der Waals surface area contributed by atoms with Gasteiger partial charge in [-0.15, -0.1) is 0 Å². The van der Waals surface area contributed by atoms with E-state index >= 15 is 0 Å². The molecule has 0 aliphatic carbocycles. The van der Waals surface area contributed by atoms with Gasteiger partial charge >= 0.3 is 0 Å². The molecule has 4 rings (SSSR count). The summed E-state index contributed by atoms with van der Waals surface area (Å²) < 4.78 is 5.59. The van der Waals surface area contributed by atoms with Crippen molar-refractivity contribution in [2.75, 3.05) is 5.32 Å². The van der Waals surface area contributed by atoms with Crippen LogP contribution in [0, 0.1) is 12.3 Å². The minimum atomic E-state index is -0.404. The maximum Gasteiger partial charge on any atom is 0.261 e. The molecule has 26 heavy (non-hydrogen) atoms. The van der Waals surface area contributed by atoms with Gasteiger partial charge in [-0.05, 0) is 47.5 Å². The van der Waals surface area contributed by atoms with Gasteiger partial charge in [-0.3, -0.25) is 10.2 Å². The van der Waals surface area contributed by atoms with Crippen molar-refractivity contribution in [3.05, 3.63) is 82.4 Å². The van der Waals surface area contributed by atoms with Gasteiger partial charge < -0.3 is 9.73 Å². The molecule has 0 radical (unpaired) electrons. The van der Waals surface area contributed by atoms with Crippen LogP contribution in [0.15, 0.2) is 65.1 Å². The predicted molar refractivity (Wildman–Crippen MR) is 104 cm³/mol. The van der Waals surface area contributed by atoms with Gasteiger partial charge in [-0.1, -0.05) is 48.0 Å². The number of benzene rings is 3. The number of amides is 1. The highest BCUT2D eigenvalue weighted by Gasteiger charge is 2.14. The van der Waals surface area contributed by atoms with Crippen LogP contribution in [0.2, 0.25) is 5.02 Å². The molecule has 2 N–H and O–H groups in total. The molecule has 0 aliphatic heterocycles. The minimum Gasteiger partial charge on any atom is -0.438 e. The van der Waals surface area contributed by atoms with Gasteiger partial charge in [0.1, 0.15) is 11.1 Å². The smallest absolute Gasteiger partial charge is 0.261 e. The van der Waals surface area contributed by atoms with Crippen molar-refractivity contribution in [2.24, 2.45) is 0 Å². The Morgan fingerprint density at radius 1 is 1.04 bits per heavy atom. The standard InChI is InChI=1S/C21H15ClN2O2/c1-12-6-8-14(22)10-18(12)24-21(25)17-11-16-15-5-3-2-4-13(15)7-9-19(16)26-20(17)23/h2-11,23H,1H3,(H,24,25). The van der Waals surface area contributed by atoms with Crippen molar-refractivity contribution in [2.45, 2.75) is 6.92 Å². The van der Waals surface area contributed by atoms with E-state index in [1.54, 1.807) is 18.2 Å². The number of carbonyl (C=O) groups is 1. The Morgan fingerprint density at radius 3 is 2.69 bits per heavy atom. The molecule has 0 unspecified atom stereocenters. The van der Waals surface area contributed by atoms with Crippen LogP contribution in [-0.4, -0.2) is 5.91 Å². The Bertz CT molecular complexity index is 1230. The molecule has 1 amide bonds. The first-order valence-corrected chi connectivity index (χ1v) is 8.48. The lowest BCUT2D eigenvalue weighted by molar-refractivity contribution is 0.102. The molecular formula is C21H15ClN2O2. The van der Waals surface area contributed by atoms with Crippen molar-refractivity contribution in [1.29, 1.82) is 5.41 Å². The fourth-order valence-corrected chi connectivity index (χ4v) is 3.15. The van der Waals surface area contributed by atoms with E-state index in [0.29, 0.717) is 16.3 Å². The Morgan fingerprint density at radius 2 is 1.85 bits per heavy atom. The van der Waals surface area contributed by atoms with E-state index in [2.05, 4.69) is 5.32 Å². The second-order valence-corrected chi connectivity index (χ2v) is 6.54. The molecule has 0 saturated carbocycles. The van der Waals surface area contributed by atoms with Gasteiger partial charge in [0.15, 0.2) is 0 Å². The quantitative estimate of drug-likeness (QED) is 0.476. The number of anilines is 1. The molecule has 3 aromatic carbocycles. The van der Waals surface area contributed by atoms with Gasteiger partial charge in [-0.2, -0.15) is 0 Å². The molecule has 4 aromatic rings. The van der Waals surface area contributed by atoms with Crippen LogP contribution >= 0.6 is 11.6 Å². The highest BCUT2D eigenvalue weighted by molar-refractivity contribution is 6.31. The molecule has 0 bridgehead atoms. The van der Waals surface area contributed by atoms with Crippen LogP contribution in [0.5, 0.6) is 0 Å². The normalized spacial score (nSPS) is 11.0. The topological polar surface area (TPSA) is 66.1 Å².